The van der Waals surface area contributed by atoms with Crippen molar-refractivity contribution >= 4 is 40.0 Å². The number of rotatable bonds is 7. The van der Waals surface area contributed by atoms with Crippen LogP contribution in [-0.2, 0) is 10.5 Å². The fraction of sp³-hybridized carbons (Fsp3) is 0.375. The maximum absolute atomic E-state index is 11.9. The monoisotopic (exact) mass is 337 g/mol. The van der Waals surface area contributed by atoms with Crippen LogP contribution in [-0.4, -0.2) is 29.9 Å². The fourth-order valence-corrected chi connectivity index (χ4v) is 3.11. The van der Waals surface area contributed by atoms with Crippen LogP contribution >= 0.6 is 23.4 Å². The minimum Gasteiger partial charge on any atom is -0.380 e. The van der Waals surface area contributed by atoms with Crippen molar-refractivity contribution in [2.45, 2.75) is 19.1 Å². The van der Waals surface area contributed by atoms with E-state index in [0.29, 0.717) is 12.4 Å². The van der Waals surface area contributed by atoms with Crippen LogP contribution < -0.4 is 10.6 Å². The van der Waals surface area contributed by atoms with Gasteiger partial charge < -0.3 is 10.6 Å². The normalized spacial score (nSPS) is 14.1. The zero-order valence-electron chi connectivity index (χ0n) is 12.6. The molecule has 4 nitrogen and oxygen atoms in total. The van der Waals surface area contributed by atoms with E-state index in [2.05, 4.69) is 21.7 Å². The second kappa shape index (κ2) is 8.86. The third kappa shape index (κ3) is 5.07. The highest BCUT2D eigenvalue weighted by molar-refractivity contribution is 8.13. The van der Waals surface area contributed by atoms with Gasteiger partial charge in [0, 0.05) is 17.3 Å². The van der Waals surface area contributed by atoms with Crippen LogP contribution in [0.25, 0.3) is 0 Å². The highest BCUT2D eigenvalue weighted by atomic mass is 35.5. The molecule has 0 unspecified atom stereocenters. The van der Waals surface area contributed by atoms with Gasteiger partial charge in [0.1, 0.15) is 0 Å². The first-order chi connectivity index (χ1) is 10.7. The maximum Gasteiger partial charge on any atom is 0.239 e. The van der Waals surface area contributed by atoms with Crippen LogP contribution in [0.2, 0.25) is 0 Å². The van der Waals surface area contributed by atoms with E-state index in [1.165, 1.54) is 5.56 Å². The smallest absolute Gasteiger partial charge is 0.239 e. The van der Waals surface area contributed by atoms with Crippen molar-refractivity contribution in [1.82, 2.24) is 10.6 Å². The predicted octanol–water partition coefficient (Wildman–Crippen LogP) is 3.20. The Hall–Kier alpha value is -1.46. The summed E-state index contributed by atoms with van der Waals surface area (Å²) < 4.78 is 0. The van der Waals surface area contributed by atoms with E-state index in [0.717, 1.165) is 28.6 Å². The largest absolute Gasteiger partial charge is 0.380 e. The molecular weight excluding hydrogens is 318 g/mol. The lowest BCUT2D eigenvalue weighted by Crippen LogP contribution is -2.36. The Kier molecular flexibility index (Phi) is 6.80. The van der Waals surface area contributed by atoms with E-state index in [1.807, 2.05) is 31.2 Å². The number of para-hydroxylation sites is 1. The van der Waals surface area contributed by atoms with Gasteiger partial charge in [-0.3, -0.25) is 4.79 Å². The number of hydrogen-bond donors (Lipinski definition) is 2. The number of alkyl halides is 1. The number of hydrogen-bond acceptors (Lipinski definition) is 4. The summed E-state index contributed by atoms with van der Waals surface area (Å²) in [6, 6.07) is 8.09. The van der Waals surface area contributed by atoms with Crippen molar-refractivity contribution in [1.29, 1.82) is 0 Å². The predicted molar refractivity (Wildman–Crippen MR) is 94.9 cm³/mol. The molecule has 0 saturated carbocycles. The molecule has 2 N–H and O–H groups in total. The van der Waals surface area contributed by atoms with Gasteiger partial charge >= 0.3 is 0 Å². The summed E-state index contributed by atoms with van der Waals surface area (Å²) in [7, 11) is 0. The Balaban J connectivity index is 1.80. The molecule has 1 aliphatic heterocycles. The summed E-state index contributed by atoms with van der Waals surface area (Å²) in [5.74, 6) is 1.31. The maximum atomic E-state index is 11.9. The molecule has 6 heteroatoms. The molecule has 0 aliphatic carbocycles. The second-order valence-electron chi connectivity index (χ2n) is 4.79. The lowest BCUT2D eigenvalue weighted by atomic mass is 10.2. The minimum absolute atomic E-state index is 0.0453. The Morgan fingerprint density at radius 1 is 1.41 bits per heavy atom. The van der Waals surface area contributed by atoms with E-state index in [9.17, 15) is 4.79 Å². The molecule has 1 aromatic rings. The third-order valence-electron chi connectivity index (χ3n) is 3.25. The Labute approximate surface area is 140 Å². The number of halogens is 1. The number of carbonyl (C=O) groups is 1. The van der Waals surface area contributed by atoms with Crippen LogP contribution in [0.15, 0.2) is 41.0 Å². The molecule has 0 aromatic heterocycles. The van der Waals surface area contributed by atoms with Crippen molar-refractivity contribution in [3.63, 3.8) is 0 Å². The molecular formula is C16H20ClN3OS. The molecule has 1 amide bonds. The first kappa shape index (κ1) is 16.9. The van der Waals surface area contributed by atoms with E-state index in [-0.39, 0.29) is 12.5 Å². The quantitative estimate of drug-likeness (QED) is 0.751. The van der Waals surface area contributed by atoms with E-state index in [4.69, 9.17) is 11.6 Å². The number of carbonyl (C=O) groups excluding carboxylic acids is 1. The Bertz CT molecular complexity index is 587. The zero-order valence-corrected chi connectivity index (χ0v) is 14.1. The summed E-state index contributed by atoms with van der Waals surface area (Å²) in [6.07, 6.45) is 2.71. The van der Waals surface area contributed by atoms with Crippen molar-refractivity contribution in [2.24, 2.45) is 4.99 Å². The lowest BCUT2D eigenvalue weighted by Gasteiger charge is -2.15. The van der Waals surface area contributed by atoms with Crippen LogP contribution in [0.4, 0.5) is 5.69 Å². The standard InChI is InChI=1S/C16H20ClN3OS/c1-2-13(7-8-17)18-9-15(21)19-10-16-20-14-6-4-3-5-12(14)11-22-16/h3-7,18H,2,8-11H2,1H3,(H,19,21). The van der Waals surface area contributed by atoms with Crippen LogP contribution in [0, 0.1) is 0 Å². The summed E-state index contributed by atoms with van der Waals surface area (Å²) in [5, 5.41) is 6.93. The van der Waals surface area contributed by atoms with E-state index < -0.39 is 0 Å². The molecule has 1 heterocycles. The third-order valence-corrected chi connectivity index (χ3v) is 4.43. The van der Waals surface area contributed by atoms with Gasteiger partial charge in [0.2, 0.25) is 5.91 Å². The van der Waals surface area contributed by atoms with Crippen LogP contribution in [0.1, 0.15) is 18.9 Å². The van der Waals surface area contributed by atoms with Crippen molar-refractivity contribution in [2.75, 3.05) is 19.0 Å². The number of fused-ring (bicyclic) bond motifs is 1. The SMILES string of the molecule is CCC(=CCCl)NCC(=O)NCC1=Nc2ccccc2CS1. The highest BCUT2D eigenvalue weighted by Gasteiger charge is 2.12. The van der Waals surface area contributed by atoms with Crippen molar-refractivity contribution in [3.8, 4) is 0 Å². The van der Waals surface area contributed by atoms with Crippen LogP contribution in [0.3, 0.4) is 0 Å². The second-order valence-corrected chi connectivity index (χ2v) is 6.15. The Morgan fingerprint density at radius 2 is 2.23 bits per heavy atom. The zero-order chi connectivity index (χ0) is 15.8. The van der Waals surface area contributed by atoms with Gasteiger partial charge in [-0.15, -0.1) is 23.4 Å². The first-order valence-corrected chi connectivity index (χ1v) is 8.78. The average Bonchev–Trinajstić information content (AvgIpc) is 2.56. The molecule has 0 radical (unpaired) electrons. The van der Waals surface area contributed by atoms with Gasteiger partial charge in [0.15, 0.2) is 0 Å². The molecule has 2 rings (SSSR count). The summed E-state index contributed by atoms with van der Waals surface area (Å²) in [6.45, 7) is 2.75. The average molecular weight is 338 g/mol. The van der Waals surface area contributed by atoms with Gasteiger partial charge in [0.25, 0.3) is 0 Å². The van der Waals surface area contributed by atoms with E-state index >= 15 is 0 Å². The summed E-state index contributed by atoms with van der Waals surface area (Å²) in [4.78, 5) is 16.4. The number of allylic oxidation sites excluding steroid dienone is 2. The molecule has 118 valence electrons. The summed E-state index contributed by atoms with van der Waals surface area (Å²) >= 11 is 7.33. The van der Waals surface area contributed by atoms with Gasteiger partial charge in [0.05, 0.1) is 23.8 Å². The summed E-state index contributed by atoms with van der Waals surface area (Å²) in [5.41, 5.74) is 3.23. The lowest BCUT2D eigenvalue weighted by molar-refractivity contribution is -0.119. The topological polar surface area (TPSA) is 53.5 Å². The van der Waals surface area contributed by atoms with Gasteiger partial charge in [-0.25, -0.2) is 4.99 Å². The minimum atomic E-state index is -0.0453. The van der Waals surface area contributed by atoms with Gasteiger partial charge in [-0.05, 0) is 18.1 Å². The highest BCUT2D eigenvalue weighted by Crippen LogP contribution is 2.30. The van der Waals surface area contributed by atoms with Crippen molar-refractivity contribution in [3.05, 3.63) is 41.6 Å². The number of nitrogens with one attached hydrogen (secondary N) is 2. The Morgan fingerprint density at radius 3 is 3.00 bits per heavy atom. The molecule has 0 spiro atoms. The number of amides is 1. The number of benzene rings is 1. The van der Waals surface area contributed by atoms with Gasteiger partial charge in [-0.2, -0.15) is 0 Å². The van der Waals surface area contributed by atoms with E-state index in [1.54, 1.807) is 11.8 Å². The molecule has 0 fully saturated rings. The molecule has 0 bridgehead atoms. The fourth-order valence-electron chi connectivity index (χ4n) is 2.03. The number of nitrogens with zero attached hydrogens (tertiary/aromatic N) is 1. The molecule has 22 heavy (non-hydrogen) atoms. The first-order valence-electron chi connectivity index (χ1n) is 7.26. The number of thioether (sulfide) groups is 1. The van der Waals surface area contributed by atoms with Gasteiger partial charge in [-0.1, -0.05) is 31.2 Å². The molecule has 0 saturated heterocycles. The molecule has 0 atom stereocenters. The number of aliphatic imine (C=N–C) groups is 1. The molecule has 1 aliphatic rings. The van der Waals surface area contributed by atoms with Crippen molar-refractivity contribution < 1.29 is 4.79 Å². The molecule has 1 aromatic carbocycles. The van der Waals surface area contributed by atoms with Crippen LogP contribution in [0.5, 0.6) is 0 Å².